The Morgan fingerprint density at radius 3 is 2.50 bits per heavy atom. The maximum atomic E-state index is 11.7. The number of para-hydroxylation sites is 1. The van der Waals surface area contributed by atoms with E-state index >= 15 is 0 Å². The van der Waals surface area contributed by atoms with Crippen LogP contribution < -0.4 is 14.6 Å². The Morgan fingerprint density at radius 2 is 1.96 bits per heavy atom. The van der Waals surface area contributed by atoms with Crippen molar-refractivity contribution in [1.29, 1.82) is 5.41 Å². The fraction of sp³-hybridized carbons (Fsp3) is 0.429. The molecule has 0 aromatic heterocycles. The fourth-order valence-electron chi connectivity index (χ4n) is 1.47. The summed E-state index contributed by atoms with van der Waals surface area (Å²) in [5, 5.41) is 10.8. The van der Waals surface area contributed by atoms with Crippen LogP contribution in [0.1, 0.15) is 13.8 Å². The average molecular weight is 408 g/mol. The van der Waals surface area contributed by atoms with E-state index in [4.69, 9.17) is 26.5 Å². The number of rotatable bonds is 8. The van der Waals surface area contributed by atoms with Crippen LogP contribution in [-0.4, -0.2) is 36.7 Å². The van der Waals surface area contributed by atoms with E-state index < -0.39 is 18.2 Å². The van der Waals surface area contributed by atoms with E-state index in [-0.39, 0.29) is 11.1 Å². The van der Waals surface area contributed by atoms with E-state index in [0.717, 1.165) is 0 Å². The molecule has 1 aromatic carbocycles. The number of amides is 1. The van der Waals surface area contributed by atoms with Crippen molar-refractivity contribution in [1.82, 2.24) is 10.0 Å². The normalized spacial score (nSPS) is 14.5. The standard InChI is InChI=1S/C14H22N3O3PS3/c1-10(2)17-24-23-12(15)13(19-14(18)16-3)21(4,22)20-11-8-6-5-7-9-11/h5-10,13,15,17H,1-4H3,(H,16,18). The molecule has 24 heavy (non-hydrogen) atoms. The Labute approximate surface area is 156 Å². The van der Waals surface area contributed by atoms with Crippen molar-refractivity contribution in [2.45, 2.75) is 25.7 Å². The quantitative estimate of drug-likeness (QED) is 0.197. The molecule has 0 saturated carbocycles. The van der Waals surface area contributed by atoms with Gasteiger partial charge in [0.25, 0.3) is 0 Å². The molecule has 1 aromatic rings. The smallest absolute Gasteiger partial charge is 0.408 e. The molecule has 3 N–H and O–H groups in total. The minimum Gasteiger partial charge on any atom is -0.463 e. The summed E-state index contributed by atoms with van der Waals surface area (Å²) in [7, 11) is 3.93. The van der Waals surface area contributed by atoms with E-state index in [2.05, 4.69) is 10.0 Å². The third-order valence-electron chi connectivity index (χ3n) is 2.52. The zero-order chi connectivity index (χ0) is 18.2. The SMILES string of the molecule is CNC(=O)OC(C(=N)SSNC(C)C)P(C)(=S)Oc1ccccc1. The highest BCUT2D eigenvalue weighted by atomic mass is 33.1. The number of hydrogen-bond donors (Lipinski definition) is 3. The summed E-state index contributed by atoms with van der Waals surface area (Å²) in [5.41, 5.74) is 0. The van der Waals surface area contributed by atoms with Gasteiger partial charge in [-0.3, -0.25) is 10.1 Å². The summed E-state index contributed by atoms with van der Waals surface area (Å²) < 4.78 is 14.4. The third-order valence-corrected chi connectivity index (χ3v) is 7.40. The Kier molecular flexibility index (Phi) is 9.15. The van der Waals surface area contributed by atoms with Crippen molar-refractivity contribution in [2.75, 3.05) is 13.7 Å². The molecule has 2 atom stereocenters. The zero-order valence-corrected chi connectivity index (χ0v) is 17.3. The molecule has 0 heterocycles. The molecule has 10 heteroatoms. The highest BCUT2D eigenvalue weighted by Crippen LogP contribution is 2.51. The van der Waals surface area contributed by atoms with E-state index in [9.17, 15) is 4.79 Å². The molecular formula is C14H22N3O3PS3. The molecule has 0 bridgehead atoms. The van der Waals surface area contributed by atoms with E-state index in [1.165, 1.54) is 28.8 Å². The van der Waals surface area contributed by atoms with Gasteiger partial charge in [-0.05, 0) is 59.6 Å². The molecule has 2 unspecified atom stereocenters. The minimum absolute atomic E-state index is 0.138. The molecule has 0 aliphatic heterocycles. The maximum absolute atomic E-state index is 11.7. The highest BCUT2D eigenvalue weighted by molar-refractivity contribution is 8.81. The number of carbonyl (C=O) groups is 1. The van der Waals surface area contributed by atoms with Crippen LogP contribution in [0.3, 0.4) is 0 Å². The Bertz CT molecular complexity index is 601. The first-order valence-corrected chi connectivity index (χ1v) is 12.5. The first-order valence-electron chi connectivity index (χ1n) is 7.14. The lowest BCUT2D eigenvalue weighted by molar-refractivity contribution is 0.153. The van der Waals surface area contributed by atoms with Gasteiger partial charge in [0.2, 0.25) is 5.85 Å². The number of ether oxygens (including phenoxy) is 1. The number of alkyl carbamates (subject to hydrolysis) is 1. The lowest BCUT2D eigenvalue weighted by Gasteiger charge is -2.28. The highest BCUT2D eigenvalue weighted by Gasteiger charge is 2.34. The fourth-order valence-corrected chi connectivity index (χ4v) is 6.41. The summed E-state index contributed by atoms with van der Waals surface area (Å²) in [4.78, 5) is 11.7. The number of benzene rings is 1. The van der Waals surface area contributed by atoms with Crippen LogP contribution in [0.2, 0.25) is 0 Å². The van der Waals surface area contributed by atoms with Crippen LogP contribution in [0.5, 0.6) is 5.75 Å². The summed E-state index contributed by atoms with van der Waals surface area (Å²) >= 11 is 5.59. The summed E-state index contributed by atoms with van der Waals surface area (Å²) in [5.74, 6) is -0.321. The molecular weight excluding hydrogens is 385 g/mol. The molecule has 0 aliphatic rings. The first-order chi connectivity index (χ1) is 11.3. The van der Waals surface area contributed by atoms with Gasteiger partial charge in [0.05, 0.1) is 0 Å². The average Bonchev–Trinajstić information content (AvgIpc) is 2.52. The third kappa shape index (κ3) is 7.44. The second-order valence-electron chi connectivity index (χ2n) is 5.12. The van der Waals surface area contributed by atoms with E-state index in [1.54, 1.807) is 18.8 Å². The molecule has 1 amide bonds. The van der Waals surface area contributed by atoms with Gasteiger partial charge in [0.15, 0.2) is 6.26 Å². The monoisotopic (exact) mass is 407 g/mol. The van der Waals surface area contributed by atoms with Gasteiger partial charge in [-0.1, -0.05) is 18.2 Å². The zero-order valence-electron chi connectivity index (χ0n) is 13.9. The number of nitrogens with one attached hydrogen (secondary N) is 3. The van der Waals surface area contributed by atoms with Crippen molar-refractivity contribution in [3.05, 3.63) is 30.3 Å². The topological polar surface area (TPSA) is 83.4 Å². The minimum atomic E-state index is -2.65. The van der Waals surface area contributed by atoms with Gasteiger partial charge in [0, 0.05) is 19.8 Å². The second-order valence-corrected chi connectivity index (χ2v) is 11.8. The van der Waals surface area contributed by atoms with Crippen LogP contribution in [0.4, 0.5) is 4.79 Å². The molecule has 1 rings (SSSR count). The lowest BCUT2D eigenvalue weighted by atomic mass is 10.3. The van der Waals surface area contributed by atoms with Crippen LogP contribution in [0, 0.1) is 5.41 Å². The molecule has 0 saturated heterocycles. The summed E-state index contributed by atoms with van der Waals surface area (Å²) in [6.45, 7) is 5.72. The van der Waals surface area contributed by atoms with Gasteiger partial charge in [-0.2, -0.15) is 0 Å². The van der Waals surface area contributed by atoms with Crippen molar-refractivity contribution >= 4 is 51.0 Å². The van der Waals surface area contributed by atoms with Gasteiger partial charge in [0.1, 0.15) is 10.8 Å². The molecule has 134 valence electrons. The van der Waals surface area contributed by atoms with Crippen LogP contribution in [-0.2, 0) is 16.5 Å². The van der Waals surface area contributed by atoms with Crippen molar-refractivity contribution in [2.24, 2.45) is 0 Å². The van der Waals surface area contributed by atoms with E-state index in [0.29, 0.717) is 5.75 Å². The van der Waals surface area contributed by atoms with Gasteiger partial charge in [-0.25, -0.2) is 4.79 Å². The van der Waals surface area contributed by atoms with E-state index in [1.807, 2.05) is 32.0 Å². The van der Waals surface area contributed by atoms with Gasteiger partial charge < -0.3 is 14.6 Å². The number of hydrogen-bond acceptors (Lipinski definition) is 8. The van der Waals surface area contributed by atoms with Crippen molar-refractivity contribution in [3.63, 3.8) is 0 Å². The largest absolute Gasteiger partial charge is 0.463 e. The Balaban J connectivity index is 2.88. The molecule has 0 aliphatic carbocycles. The van der Waals surface area contributed by atoms with Crippen molar-refractivity contribution < 1.29 is 14.1 Å². The lowest BCUT2D eigenvalue weighted by Crippen LogP contribution is -2.31. The molecule has 0 spiro atoms. The van der Waals surface area contributed by atoms with Gasteiger partial charge in [-0.15, -0.1) is 0 Å². The summed E-state index contributed by atoms with van der Waals surface area (Å²) in [6, 6.07) is 9.37. The van der Waals surface area contributed by atoms with Crippen LogP contribution >= 0.6 is 28.0 Å². The summed E-state index contributed by atoms with van der Waals surface area (Å²) in [6.07, 6.45) is -3.29. The predicted molar refractivity (Wildman–Crippen MR) is 108 cm³/mol. The first kappa shape index (κ1) is 21.3. The van der Waals surface area contributed by atoms with Crippen LogP contribution in [0.15, 0.2) is 30.3 Å². The molecule has 6 nitrogen and oxygen atoms in total. The number of carbonyl (C=O) groups excluding carboxylic acids is 1. The Hall–Kier alpha value is -0.730. The maximum Gasteiger partial charge on any atom is 0.408 e. The molecule has 0 fully saturated rings. The Morgan fingerprint density at radius 1 is 1.33 bits per heavy atom. The van der Waals surface area contributed by atoms with Crippen LogP contribution in [0.25, 0.3) is 0 Å². The predicted octanol–water partition coefficient (Wildman–Crippen LogP) is 4.04. The molecule has 0 radical (unpaired) electrons. The van der Waals surface area contributed by atoms with Crippen molar-refractivity contribution in [3.8, 4) is 5.75 Å². The van der Waals surface area contributed by atoms with Gasteiger partial charge >= 0.3 is 6.09 Å². The second kappa shape index (κ2) is 10.3.